The van der Waals surface area contributed by atoms with Crippen molar-refractivity contribution in [2.75, 3.05) is 5.32 Å². The number of aromatic nitrogens is 3. The van der Waals surface area contributed by atoms with Gasteiger partial charge in [0.2, 0.25) is 5.91 Å². The summed E-state index contributed by atoms with van der Waals surface area (Å²) >= 11 is 0. The fourth-order valence-electron chi connectivity index (χ4n) is 3.10. The number of halogens is 1. The summed E-state index contributed by atoms with van der Waals surface area (Å²) in [5.41, 5.74) is 1.89. The van der Waals surface area contributed by atoms with Gasteiger partial charge in [0, 0.05) is 30.8 Å². The molecule has 0 aliphatic carbocycles. The van der Waals surface area contributed by atoms with Gasteiger partial charge in [0.15, 0.2) is 5.58 Å². The third-order valence-corrected chi connectivity index (χ3v) is 4.40. The maximum absolute atomic E-state index is 13.3. The second kappa shape index (κ2) is 6.19. The van der Waals surface area contributed by atoms with E-state index >= 15 is 0 Å². The Morgan fingerprint density at radius 1 is 1.48 bits per heavy atom. The quantitative estimate of drug-likeness (QED) is 0.761. The summed E-state index contributed by atoms with van der Waals surface area (Å²) in [5, 5.41) is 10.5. The smallest absolute Gasteiger partial charge is 0.295 e. The van der Waals surface area contributed by atoms with E-state index < -0.39 is 0 Å². The second-order valence-electron chi connectivity index (χ2n) is 6.10. The van der Waals surface area contributed by atoms with Crippen molar-refractivity contribution in [2.45, 2.75) is 38.4 Å². The summed E-state index contributed by atoms with van der Waals surface area (Å²) in [5.74, 6) is -0.353. The Morgan fingerprint density at radius 3 is 3.16 bits per heavy atom. The molecule has 8 heteroatoms. The summed E-state index contributed by atoms with van der Waals surface area (Å²) in [7, 11) is 0. The van der Waals surface area contributed by atoms with E-state index in [1.54, 1.807) is 12.3 Å². The van der Waals surface area contributed by atoms with Crippen LogP contribution in [0.25, 0.3) is 11.1 Å². The van der Waals surface area contributed by atoms with Gasteiger partial charge >= 0.3 is 0 Å². The first kappa shape index (κ1) is 15.6. The average molecular weight is 343 g/mol. The molecule has 0 saturated carbocycles. The molecule has 1 aliphatic rings. The van der Waals surface area contributed by atoms with Crippen molar-refractivity contribution >= 4 is 23.0 Å². The van der Waals surface area contributed by atoms with Gasteiger partial charge in [0.05, 0.1) is 18.3 Å². The molecule has 1 aliphatic heterocycles. The van der Waals surface area contributed by atoms with Crippen molar-refractivity contribution in [1.82, 2.24) is 20.1 Å². The Hall–Kier alpha value is -2.90. The van der Waals surface area contributed by atoms with Crippen LogP contribution in [0.4, 0.5) is 10.4 Å². The summed E-state index contributed by atoms with van der Waals surface area (Å²) < 4.78 is 20.8. The second-order valence-corrected chi connectivity index (χ2v) is 6.10. The van der Waals surface area contributed by atoms with Crippen LogP contribution in [0, 0.1) is 5.82 Å². The van der Waals surface area contributed by atoms with E-state index in [2.05, 4.69) is 20.7 Å². The normalized spacial score (nSPS) is 20.6. The molecule has 130 valence electrons. The Kier molecular flexibility index (Phi) is 3.87. The zero-order valence-electron chi connectivity index (χ0n) is 13.7. The molecule has 2 atom stereocenters. The number of fused-ring (bicyclic) bond motifs is 1. The lowest BCUT2D eigenvalue weighted by molar-refractivity contribution is -0.123. The lowest BCUT2D eigenvalue weighted by Crippen LogP contribution is -2.45. The van der Waals surface area contributed by atoms with Gasteiger partial charge in [0.1, 0.15) is 11.3 Å². The third-order valence-electron chi connectivity index (χ3n) is 4.40. The molecule has 3 aromatic rings. The maximum Gasteiger partial charge on any atom is 0.295 e. The highest BCUT2D eigenvalue weighted by Crippen LogP contribution is 2.28. The van der Waals surface area contributed by atoms with Crippen LogP contribution in [0.15, 0.2) is 35.0 Å². The van der Waals surface area contributed by atoms with Crippen LogP contribution in [-0.4, -0.2) is 26.7 Å². The number of piperidine rings is 1. The molecule has 7 nitrogen and oxygen atoms in total. The first-order chi connectivity index (χ1) is 12.1. The number of nitrogens with one attached hydrogen (secondary N) is 2. The number of carbonyl (C=O) groups excluding carboxylic acids is 1. The zero-order chi connectivity index (χ0) is 17.4. The van der Waals surface area contributed by atoms with Gasteiger partial charge in [0.25, 0.3) is 6.01 Å². The number of benzene rings is 1. The molecule has 0 spiro atoms. The van der Waals surface area contributed by atoms with E-state index in [0.29, 0.717) is 30.0 Å². The van der Waals surface area contributed by atoms with Crippen molar-refractivity contribution in [2.24, 2.45) is 0 Å². The van der Waals surface area contributed by atoms with Crippen LogP contribution < -0.4 is 10.6 Å². The van der Waals surface area contributed by atoms with Crippen LogP contribution in [0.5, 0.6) is 0 Å². The van der Waals surface area contributed by atoms with E-state index in [1.807, 2.05) is 17.8 Å². The summed E-state index contributed by atoms with van der Waals surface area (Å²) in [4.78, 5) is 16.1. The van der Waals surface area contributed by atoms with E-state index in [-0.39, 0.29) is 23.8 Å². The number of aryl methyl sites for hydroxylation is 1. The van der Waals surface area contributed by atoms with Crippen molar-refractivity contribution in [3.05, 3.63) is 42.0 Å². The van der Waals surface area contributed by atoms with Gasteiger partial charge in [-0.15, -0.1) is 0 Å². The molecular formula is C17H18FN5O2. The Labute approximate surface area is 143 Å². The van der Waals surface area contributed by atoms with Crippen LogP contribution in [0.3, 0.4) is 0 Å². The minimum absolute atomic E-state index is 0.00642. The molecule has 2 N–H and O–H groups in total. The lowest BCUT2D eigenvalue weighted by Gasteiger charge is -2.31. The maximum atomic E-state index is 13.3. The Morgan fingerprint density at radius 2 is 2.36 bits per heavy atom. The van der Waals surface area contributed by atoms with E-state index in [9.17, 15) is 9.18 Å². The molecular weight excluding hydrogens is 325 g/mol. The van der Waals surface area contributed by atoms with Crippen LogP contribution >= 0.6 is 0 Å². The Bertz CT molecular complexity index is 919. The lowest BCUT2D eigenvalue weighted by atomic mass is 9.94. The molecule has 1 amide bonds. The van der Waals surface area contributed by atoms with E-state index in [0.717, 1.165) is 12.1 Å². The zero-order valence-corrected chi connectivity index (χ0v) is 13.7. The summed E-state index contributed by atoms with van der Waals surface area (Å²) in [6.07, 6.45) is 4.74. The topological polar surface area (TPSA) is 85.0 Å². The molecule has 2 aromatic heterocycles. The Balaban J connectivity index is 1.60. The van der Waals surface area contributed by atoms with Crippen molar-refractivity contribution in [1.29, 1.82) is 0 Å². The van der Waals surface area contributed by atoms with E-state index in [4.69, 9.17) is 4.42 Å². The minimum atomic E-state index is -0.359. The molecule has 0 unspecified atom stereocenters. The van der Waals surface area contributed by atoms with Gasteiger partial charge in [-0.1, -0.05) is 0 Å². The third kappa shape index (κ3) is 3.07. The molecule has 1 aromatic carbocycles. The molecule has 1 saturated heterocycles. The number of anilines is 1. The van der Waals surface area contributed by atoms with Crippen LogP contribution in [0.1, 0.15) is 31.4 Å². The van der Waals surface area contributed by atoms with Crippen molar-refractivity contribution in [3.63, 3.8) is 0 Å². The molecule has 3 heterocycles. The number of oxazole rings is 1. The number of carbonyl (C=O) groups is 1. The number of hydrogen-bond acceptors (Lipinski definition) is 5. The number of rotatable bonds is 4. The largest absolute Gasteiger partial charge is 0.424 e. The van der Waals surface area contributed by atoms with Gasteiger partial charge in [-0.25, -0.2) is 4.39 Å². The van der Waals surface area contributed by atoms with Gasteiger partial charge in [-0.05, 0) is 25.5 Å². The molecule has 4 rings (SSSR count). The predicted octanol–water partition coefficient (Wildman–Crippen LogP) is 2.62. The SMILES string of the molecule is CCn1cc([C@@H]2NC(=O)CC[C@H]2Nc2nc3cc(F)ccc3o2)cn1. The fraction of sp³-hybridized carbons (Fsp3) is 0.353. The first-order valence-corrected chi connectivity index (χ1v) is 8.26. The standard InChI is InChI=1S/C17H18FN5O2/c1-2-23-9-10(8-19-23)16-12(4-6-15(24)22-16)20-17-21-13-7-11(18)3-5-14(13)25-17/h3,5,7-9,12,16H,2,4,6H2,1H3,(H,20,21)(H,22,24)/t12-,16+/m1/s1. The van der Waals surface area contributed by atoms with Crippen LogP contribution in [0.2, 0.25) is 0 Å². The van der Waals surface area contributed by atoms with E-state index in [1.165, 1.54) is 12.1 Å². The monoisotopic (exact) mass is 343 g/mol. The van der Waals surface area contributed by atoms with Gasteiger partial charge < -0.3 is 15.1 Å². The number of hydrogen-bond donors (Lipinski definition) is 2. The van der Waals surface area contributed by atoms with Crippen LogP contribution in [-0.2, 0) is 11.3 Å². The number of amides is 1. The predicted molar refractivity (Wildman–Crippen MR) is 89.4 cm³/mol. The van der Waals surface area contributed by atoms with Gasteiger partial charge in [-0.2, -0.15) is 10.1 Å². The summed E-state index contributed by atoms with van der Waals surface area (Å²) in [6.45, 7) is 2.76. The summed E-state index contributed by atoms with van der Waals surface area (Å²) in [6, 6.07) is 4.21. The van der Waals surface area contributed by atoms with Gasteiger partial charge in [-0.3, -0.25) is 9.48 Å². The minimum Gasteiger partial charge on any atom is -0.424 e. The average Bonchev–Trinajstić information content (AvgIpc) is 3.22. The molecule has 0 bridgehead atoms. The molecule has 0 radical (unpaired) electrons. The highest BCUT2D eigenvalue weighted by atomic mass is 19.1. The number of nitrogens with zero attached hydrogens (tertiary/aromatic N) is 3. The molecule has 25 heavy (non-hydrogen) atoms. The van der Waals surface area contributed by atoms with Crippen molar-refractivity contribution in [3.8, 4) is 0 Å². The highest BCUT2D eigenvalue weighted by molar-refractivity contribution is 5.78. The first-order valence-electron chi connectivity index (χ1n) is 8.26. The molecule has 1 fully saturated rings. The highest BCUT2D eigenvalue weighted by Gasteiger charge is 2.31. The van der Waals surface area contributed by atoms with Crippen molar-refractivity contribution < 1.29 is 13.6 Å². The fourth-order valence-corrected chi connectivity index (χ4v) is 3.10.